The van der Waals surface area contributed by atoms with Gasteiger partial charge in [0, 0.05) is 23.5 Å². The van der Waals surface area contributed by atoms with Crippen molar-refractivity contribution in [1.29, 1.82) is 0 Å². The van der Waals surface area contributed by atoms with Crippen LogP contribution in [0.3, 0.4) is 0 Å². The zero-order valence-electron chi connectivity index (χ0n) is 8.68. The van der Waals surface area contributed by atoms with E-state index in [0.717, 1.165) is 0 Å². The minimum atomic E-state index is -0.987. The highest BCUT2D eigenvalue weighted by Crippen LogP contribution is 2.24. The van der Waals surface area contributed by atoms with Gasteiger partial charge >= 0.3 is 0 Å². The molecule has 88 valence electrons. The van der Waals surface area contributed by atoms with Crippen LogP contribution in [-0.4, -0.2) is 0 Å². The van der Waals surface area contributed by atoms with Gasteiger partial charge in [-0.1, -0.05) is 0 Å². The smallest absolute Gasteiger partial charge is 0.152 e. The fraction of sp³-hybridized carbons (Fsp3) is 0. The molecule has 0 atom stereocenters. The molecule has 5 heteroatoms. The Morgan fingerprint density at radius 2 is 1.41 bits per heavy atom. The van der Waals surface area contributed by atoms with Crippen LogP contribution in [-0.2, 0) is 0 Å². The number of nitrogen functional groups attached to an aromatic ring is 1. The van der Waals surface area contributed by atoms with Gasteiger partial charge in [-0.3, -0.25) is 0 Å². The van der Waals surface area contributed by atoms with E-state index in [2.05, 4.69) is 5.32 Å². The van der Waals surface area contributed by atoms with Gasteiger partial charge in [-0.2, -0.15) is 0 Å². The fourth-order valence-electron chi connectivity index (χ4n) is 1.37. The van der Waals surface area contributed by atoms with Crippen LogP contribution in [0.2, 0.25) is 0 Å². The Bertz CT molecular complexity index is 515. The number of anilines is 3. The summed E-state index contributed by atoms with van der Waals surface area (Å²) in [5, 5.41) is 2.52. The highest BCUT2D eigenvalue weighted by Gasteiger charge is 2.11. The lowest BCUT2D eigenvalue weighted by Gasteiger charge is -2.09. The average Bonchev–Trinajstić information content (AvgIpc) is 2.26. The highest BCUT2D eigenvalue weighted by molar-refractivity contribution is 5.62. The van der Waals surface area contributed by atoms with Gasteiger partial charge in [-0.05, 0) is 24.3 Å². The molecule has 2 rings (SSSR count). The van der Waals surface area contributed by atoms with Crippen molar-refractivity contribution >= 4 is 17.1 Å². The molecule has 0 aliphatic rings. The largest absolute Gasteiger partial charge is 0.399 e. The molecule has 0 unspecified atom stereocenters. The molecule has 2 aromatic rings. The van der Waals surface area contributed by atoms with Gasteiger partial charge < -0.3 is 11.1 Å². The van der Waals surface area contributed by atoms with Crippen LogP contribution in [0, 0.1) is 17.5 Å². The summed E-state index contributed by atoms with van der Waals surface area (Å²) in [6.07, 6.45) is 0. The lowest BCUT2D eigenvalue weighted by Crippen LogP contribution is -1.98. The molecular weight excluding hydrogens is 229 g/mol. The molecule has 0 fully saturated rings. The molecule has 3 N–H and O–H groups in total. The van der Waals surface area contributed by atoms with Gasteiger partial charge in [0.25, 0.3) is 0 Å². The van der Waals surface area contributed by atoms with E-state index in [-0.39, 0.29) is 0 Å². The number of hydrogen-bond donors (Lipinski definition) is 2. The average molecular weight is 238 g/mol. The van der Waals surface area contributed by atoms with Crippen LogP contribution in [0.5, 0.6) is 0 Å². The fourth-order valence-corrected chi connectivity index (χ4v) is 1.37. The molecule has 0 saturated heterocycles. The van der Waals surface area contributed by atoms with Crippen LogP contribution >= 0.6 is 0 Å². The van der Waals surface area contributed by atoms with E-state index < -0.39 is 23.1 Å². The summed E-state index contributed by atoms with van der Waals surface area (Å²) in [6.45, 7) is 0. The Kier molecular flexibility index (Phi) is 2.91. The molecule has 0 aliphatic carbocycles. The SMILES string of the molecule is Nc1ccc(Nc2c(F)cc(F)cc2F)cc1. The van der Waals surface area contributed by atoms with Crippen molar-refractivity contribution in [2.24, 2.45) is 0 Å². The predicted octanol–water partition coefficient (Wildman–Crippen LogP) is 3.43. The first-order chi connectivity index (χ1) is 8.06. The van der Waals surface area contributed by atoms with E-state index in [4.69, 9.17) is 5.73 Å². The second-order valence-corrected chi connectivity index (χ2v) is 3.49. The predicted molar refractivity (Wildman–Crippen MR) is 60.5 cm³/mol. The third-order valence-corrected chi connectivity index (χ3v) is 2.19. The van der Waals surface area contributed by atoms with Gasteiger partial charge in [0.1, 0.15) is 11.5 Å². The molecule has 0 amide bonds. The van der Waals surface area contributed by atoms with Gasteiger partial charge in [0.05, 0.1) is 0 Å². The van der Waals surface area contributed by atoms with Gasteiger partial charge in [0.2, 0.25) is 0 Å². The highest BCUT2D eigenvalue weighted by atomic mass is 19.1. The molecule has 2 aromatic carbocycles. The second kappa shape index (κ2) is 4.37. The Morgan fingerprint density at radius 3 is 1.94 bits per heavy atom. The van der Waals surface area contributed by atoms with Crippen molar-refractivity contribution < 1.29 is 13.2 Å². The first kappa shape index (κ1) is 11.3. The number of nitrogens with two attached hydrogens (primary N) is 1. The molecule has 0 aliphatic heterocycles. The zero-order chi connectivity index (χ0) is 12.4. The van der Waals surface area contributed by atoms with Crippen molar-refractivity contribution in [3.05, 3.63) is 53.8 Å². The van der Waals surface area contributed by atoms with Crippen molar-refractivity contribution in [2.75, 3.05) is 11.1 Å². The van der Waals surface area contributed by atoms with E-state index in [1.807, 2.05) is 0 Å². The van der Waals surface area contributed by atoms with Crippen LogP contribution < -0.4 is 11.1 Å². The molecule has 0 radical (unpaired) electrons. The number of hydrogen-bond acceptors (Lipinski definition) is 2. The van der Waals surface area contributed by atoms with Crippen LogP contribution in [0.4, 0.5) is 30.2 Å². The molecule has 0 spiro atoms. The lowest BCUT2D eigenvalue weighted by molar-refractivity contribution is 0.549. The van der Waals surface area contributed by atoms with Crippen molar-refractivity contribution in [2.45, 2.75) is 0 Å². The molecule has 17 heavy (non-hydrogen) atoms. The Labute approximate surface area is 95.9 Å². The van der Waals surface area contributed by atoms with Crippen LogP contribution in [0.15, 0.2) is 36.4 Å². The van der Waals surface area contributed by atoms with E-state index in [0.29, 0.717) is 23.5 Å². The minimum Gasteiger partial charge on any atom is -0.399 e. The van der Waals surface area contributed by atoms with Gasteiger partial charge in [-0.15, -0.1) is 0 Å². The topological polar surface area (TPSA) is 38.0 Å². The summed E-state index contributed by atoms with van der Waals surface area (Å²) in [4.78, 5) is 0. The summed E-state index contributed by atoms with van der Waals surface area (Å²) in [5.74, 6) is -2.93. The third-order valence-electron chi connectivity index (χ3n) is 2.19. The molecule has 0 aromatic heterocycles. The first-order valence-electron chi connectivity index (χ1n) is 4.83. The van der Waals surface area contributed by atoms with Crippen LogP contribution in [0.1, 0.15) is 0 Å². The van der Waals surface area contributed by atoms with Crippen molar-refractivity contribution in [3.8, 4) is 0 Å². The molecule has 0 heterocycles. The maximum atomic E-state index is 13.3. The summed E-state index contributed by atoms with van der Waals surface area (Å²) in [5.41, 5.74) is 6.08. The number of halogens is 3. The Hall–Kier alpha value is -2.17. The number of rotatable bonds is 2. The van der Waals surface area contributed by atoms with E-state index in [1.165, 1.54) is 0 Å². The van der Waals surface area contributed by atoms with Gasteiger partial charge in [0.15, 0.2) is 11.6 Å². The van der Waals surface area contributed by atoms with Crippen molar-refractivity contribution in [1.82, 2.24) is 0 Å². The zero-order valence-corrected chi connectivity index (χ0v) is 8.68. The normalized spacial score (nSPS) is 10.3. The maximum Gasteiger partial charge on any atom is 0.152 e. The summed E-state index contributed by atoms with van der Waals surface area (Å²) in [7, 11) is 0. The van der Waals surface area contributed by atoms with Gasteiger partial charge in [-0.25, -0.2) is 13.2 Å². The summed E-state index contributed by atoms with van der Waals surface area (Å²) in [6, 6.07) is 7.53. The summed E-state index contributed by atoms with van der Waals surface area (Å²) >= 11 is 0. The standard InChI is InChI=1S/C12H9F3N2/c13-7-5-10(14)12(11(15)6-7)17-9-3-1-8(16)2-4-9/h1-6,17H,16H2. The molecule has 0 saturated carbocycles. The Morgan fingerprint density at radius 1 is 0.882 bits per heavy atom. The molecule has 2 nitrogen and oxygen atoms in total. The van der Waals surface area contributed by atoms with Crippen molar-refractivity contribution in [3.63, 3.8) is 0 Å². The second-order valence-electron chi connectivity index (χ2n) is 3.49. The van der Waals surface area contributed by atoms with E-state index in [9.17, 15) is 13.2 Å². The summed E-state index contributed by atoms with van der Waals surface area (Å²) < 4.78 is 39.3. The monoisotopic (exact) mass is 238 g/mol. The maximum absolute atomic E-state index is 13.3. The lowest BCUT2D eigenvalue weighted by atomic mass is 10.2. The molecular formula is C12H9F3N2. The Balaban J connectivity index is 2.33. The van der Waals surface area contributed by atoms with E-state index in [1.54, 1.807) is 24.3 Å². The van der Waals surface area contributed by atoms with Crippen LogP contribution in [0.25, 0.3) is 0 Å². The van der Waals surface area contributed by atoms with E-state index >= 15 is 0 Å². The first-order valence-corrected chi connectivity index (χ1v) is 4.83. The quantitative estimate of drug-likeness (QED) is 0.786. The minimum absolute atomic E-state index is 0.392. The molecule has 0 bridgehead atoms. The number of benzene rings is 2. The number of nitrogens with one attached hydrogen (secondary N) is 1. The third kappa shape index (κ3) is 2.50.